The molecule has 0 aliphatic heterocycles. The summed E-state index contributed by atoms with van der Waals surface area (Å²) in [6.07, 6.45) is 12.0. The van der Waals surface area contributed by atoms with Crippen LogP contribution in [0, 0.1) is 34.5 Å². The quantitative estimate of drug-likeness (QED) is 0.363. The fraction of sp³-hybridized carbons (Fsp3) is 0.645. The summed E-state index contributed by atoms with van der Waals surface area (Å²) in [5.41, 5.74) is 1.30. The lowest BCUT2D eigenvalue weighted by atomic mass is 9.47. The molecule has 8 heteroatoms. The predicted molar refractivity (Wildman–Crippen MR) is 151 cm³/mol. The van der Waals surface area contributed by atoms with Gasteiger partial charge in [-0.05, 0) is 93.9 Å². The molecule has 0 amide bonds. The second-order valence-electron chi connectivity index (χ2n) is 13.0. The standard InChI is InChI=1S/C31H42N6O2/c1-30(38)9-7-25(8-10-30)36-27-22-11-20-12-23(27)15-31(13-20,14-22)19-35-28-24(16-32)18-34-29(37-28)33-17-21-5-3-4-6-26(21)39-2/h3-6,18,20,22-23,25,27,36,38H,7-15,17,19H2,1-2H3,(H2,33,34,35,37)/t20?,22-,23+,25?,27-,30?,31+. The number of nitrogens with zero attached hydrogens (tertiary/aromatic N) is 3. The van der Waals surface area contributed by atoms with Crippen molar-refractivity contribution in [1.82, 2.24) is 15.3 Å². The number of para-hydroxylation sites is 1. The number of benzene rings is 1. The van der Waals surface area contributed by atoms with Crippen molar-refractivity contribution >= 4 is 11.8 Å². The van der Waals surface area contributed by atoms with E-state index in [4.69, 9.17) is 9.72 Å². The van der Waals surface area contributed by atoms with Crippen molar-refractivity contribution < 1.29 is 9.84 Å². The highest BCUT2D eigenvalue weighted by Crippen LogP contribution is 2.60. The Bertz CT molecular complexity index is 1200. The van der Waals surface area contributed by atoms with Gasteiger partial charge >= 0.3 is 0 Å². The topological polar surface area (TPSA) is 115 Å². The summed E-state index contributed by atoms with van der Waals surface area (Å²) < 4.78 is 5.46. The van der Waals surface area contributed by atoms with Gasteiger partial charge in [0, 0.05) is 30.7 Å². The number of rotatable bonds is 9. The smallest absolute Gasteiger partial charge is 0.224 e. The van der Waals surface area contributed by atoms with E-state index in [0.717, 1.165) is 61.3 Å². The van der Waals surface area contributed by atoms with Crippen molar-refractivity contribution in [3.63, 3.8) is 0 Å². The van der Waals surface area contributed by atoms with E-state index in [1.165, 1.54) is 32.1 Å². The largest absolute Gasteiger partial charge is 0.496 e. The van der Waals surface area contributed by atoms with Crippen LogP contribution < -0.4 is 20.7 Å². The second-order valence-corrected chi connectivity index (χ2v) is 13.0. The van der Waals surface area contributed by atoms with Gasteiger partial charge < -0.3 is 25.8 Å². The number of ether oxygens (including phenoxy) is 1. The lowest BCUT2D eigenvalue weighted by Crippen LogP contribution is -2.61. The first-order chi connectivity index (χ1) is 18.9. The molecule has 0 saturated heterocycles. The molecule has 2 aromatic rings. The Hall–Kier alpha value is -2.89. The van der Waals surface area contributed by atoms with Crippen LogP contribution in [-0.4, -0.2) is 46.4 Å². The van der Waals surface area contributed by atoms with E-state index < -0.39 is 5.60 Å². The molecule has 1 aromatic heterocycles. The maximum absolute atomic E-state index is 10.4. The fourth-order valence-electron chi connectivity index (χ4n) is 8.34. The molecule has 1 unspecified atom stereocenters. The molecule has 4 bridgehead atoms. The van der Waals surface area contributed by atoms with Crippen molar-refractivity contribution in [3.05, 3.63) is 41.6 Å². The van der Waals surface area contributed by atoms with Crippen molar-refractivity contribution in [2.45, 2.75) is 88.9 Å². The fourth-order valence-corrected chi connectivity index (χ4v) is 8.34. The Morgan fingerprint density at radius 1 is 1.10 bits per heavy atom. The number of anilines is 2. The van der Waals surface area contributed by atoms with Crippen LogP contribution in [0.5, 0.6) is 5.75 Å². The van der Waals surface area contributed by atoms with E-state index >= 15 is 0 Å². The van der Waals surface area contributed by atoms with Gasteiger partial charge in [0.2, 0.25) is 5.95 Å². The lowest BCUT2D eigenvalue weighted by molar-refractivity contribution is -0.0755. The van der Waals surface area contributed by atoms with Crippen LogP contribution in [0.15, 0.2) is 30.5 Å². The molecule has 7 rings (SSSR count). The summed E-state index contributed by atoms with van der Waals surface area (Å²) in [5, 5.41) is 31.1. The van der Waals surface area contributed by atoms with Crippen LogP contribution in [-0.2, 0) is 6.54 Å². The first-order valence-corrected chi connectivity index (χ1v) is 14.7. The van der Waals surface area contributed by atoms with Gasteiger partial charge in [-0.25, -0.2) is 4.98 Å². The summed E-state index contributed by atoms with van der Waals surface area (Å²) in [6, 6.07) is 11.3. The van der Waals surface area contributed by atoms with Crippen LogP contribution in [0.4, 0.5) is 11.8 Å². The minimum Gasteiger partial charge on any atom is -0.496 e. The maximum atomic E-state index is 10.4. The van der Waals surface area contributed by atoms with Crippen molar-refractivity contribution in [1.29, 1.82) is 5.26 Å². The number of nitriles is 1. The minimum atomic E-state index is -0.481. The zero-order valence-electron chi connectivity index (χ0n) is 23.2. The molecule has 5 aliphatic rings. The Morgan fingerprint density at radius 3 is 2.56 bits per heavy atom. The van der Waals surface area contributed by atoms with Gasteiger partial charge in [0.15, 0.2) is 0 Å². The molecule has 8 nitrogen and oxygen atoms in total. The highest BCUT2D eigenvalue weighted by atomic mass is 16.5. The molecule has 5 saturated carbocycles. The molecule has 5 aliphatic carbocycles. The highest BCUT2D eigenvalue weighted by Gasteiger charge is 2.55. The summed E-state index contributed by atoms with van der Waals surface area (Å²) in [5.74, 6) is 4.20. The van der Waals surface area contributed by atoms with E-state index in [1.807, 2.05) is 31.2 Å². The summed E-state index contributed by atoms with van der Waals surface area (Å²) in [4.78, 5) is 9.09. The molecule has 1 aromatic carbocycles. The molecule has 5 atom stereocenters. The molecule has 0 spiro atoms. The third-order valence-electron chi connectivity index (χ3n) is 10.1. The molecule has 4 N–H and O–H groups in total. The Kier molecular flexibility index (Phi) is 7.15. The Labute approximate surface area is 232 Å². The average Bonchev–Trinajstić information content (AvgIpc) is 2.93. The van der Waals surface area contributed by atoms with E-state index in [-0.39, 0.29) is 5.41 Å². The minimum absolute atomic E-state index is 0.271. The van der Waals surface area contributed by atoms with E-state index in [2.05, 4.69) is 27.0 Å². The summed E-state index contributed by atoms with van der Waals surface area (Å²) in [7, 11) is 1.67. The predicted octanol–water partition coefficient (Wildman–Crippen LogP) is 4.86. The van der Waals surface area contributed by atoms with Gasteiger partial charge in [-0.3, -0.25) is 0 Å². The zero-order chi connectivity index (χ0) is 27.0. The second kappa shape index (κ2) is 10.6. The van der Waals surface area contributed by atoms with Crippen LogP contribution >= 0.6 is 0 Å². The summed E-state index contributed by atoms with van der Waals surface area (Å²) in [6.45, 7) is 3.38. The SMILES string of the molecule is COc1ccccc1CNc1ncc(C#N)c(NC[C@@]23CC4C[C@H](C2)[C@@H](NC2CCC(C)(O)CC2)[C@@H](C4)C3)n1. The average molecular weight is 531 g/mol. The van der Waals surface area contributed by atoms with Crippen molar-refractivity contribution in [2.75, 3.05) is 24.3 Å². The Morgan fingerprint density at radius 2 is 1.85 bits per heavy atom. The molecular weight excluding hydrogens is 488 g/mol. The molecule has 5 fully saturated rings. The van der Waals surface area contributed by atoms with E-state index in [9.17, 15) is 10.4 Å². The van der Waals surface area contributed by atoms with E-state index in [1.54, 1.807) is 13.3 Å². The molecule has 208 valence electrons. The lowest BCUT2D eigenvalue weighted by Gasteiger charge is -2.61. The molecule has 1 heterocycles. The molecular formula is C31H42N6O2. The Balaban J connectivity index is 1.10. The zero-order valence-corrected chi connectivity index (χ0v) is 23.2. The number of aliphatic hydroxyl groups is 1. The first-order valence-electron chi connectivity index (χ1n) is 14.7. The van der Waals surface area contributed by atoms with Crippen LogP contribution in [0.1, 0.15) is 75.8 Å². The van der Waals surface area contributed by atoms with Gasteiger partial charge in [0.05, 0.1) is 18.9 Å². The van der Waals surface area contributed by atoms with Crippen molar-refractivity contribution in [2.24, 2.45) is 23.2 Å². The van der Waals surface area contributed by atoms with Gasteiger partial charge in [-0.2, -0.15) is 10.2 Å². The third-order valence-corrected chi connectivity index (χ3v) is 10.1. The molecule has 0 radical (unpaired) electrons. The van der Waals surface area contributed by atoms with Crippen molar-refractivity contribution in [3.8, 4) is 11.8 Å². The number of methoxy groups -OCH3 is 1. The monoisotopic (exact) mass is 530 g/mol. The number of aromatic nitrogens is 2. The van der Waals surface area contributed by atoms with Gasteiger partial charge in [0.25, 0.3) is 0 Å². The van der Waals surface area contributed by atoms with Gasteiger partial charge in [-0.1, -0.05) is 18.2 Å². The summed E-state index contributed by atoms with van der Waals surface area (Å²) >= 11 is 0. The van der Waals surface area contributed by atoms with Crippen LogP contribution in [0.3, 0.4) is 0 Å². The number of hydrogen-bond donors (Lipinski definition) is 4. The van der Waals surface area contributed by atoms with Crippen LogP contribution in [0.25, 0.3) is 0 Å². The van der Waals surface area contributed by atoms with Crippen LogP contribution in [0.2, 0.25) is 0 Å². The van der Waals surface area contributed by atoms with Gasteiger partial charge in [-0.15, -0.1) is 0 Å². The third kappa shape index (κ3) is 5.57. The maximum Gasteiger partial charge on any atom is 0.224 e. The molecule has 39 heavy (non-hydrogen) atoms. The number of nitrogens with one attached hydrogen (secondary N) is 3. The number of hydrogen-bond acceptors (Lipinski definition) is 8. The van der Waals surface area contributed by atoms with E-state index in [0.29, 0.717) is 36.0 Å². The van der Waals surface area contributed by atoms with Gasteiger partial charge in [0.1, 0.15) is 23.2 Å². The highest BCUT2D eigenvalue weighted by molar-refractivity contribution is 5.53. The normalized spacial score (nSPS) is 34.9. The first kappa shape index (κ1) is 26.3.